The van der Waals surface area contributed by atoms with Gasteiger partial charge in [-0.25, -0.2) is 0 Å². The fourth-order valence-corrected chi connectivity index (χ4v) is 8.47. The van der Waals surface area contributed by atoms with Gasteiger partial charge in [0.15, 0.2) is 17.2 Å². The van der Waals surface area contributed by atoms with E-state index in [9.17, 15) is 14.7 Å². The first-order valence-electron chi connectivity index (χ1n) is 11.8. The third-order valence-corrected chi connectivity index (χ3v) is 9.75. The zero-order chi connectivity index (χ0) is 21.5. The molecule has 0 aromatic carbocycles. The summed E-state index contributed by atoms with van der Waals surface area (Å²) >= 11 is 0. The molecule has 1 saturated heterocycles. The standard InChI is InChI=1S/C25H36O5/c1-22(2)29-21-14-19-17-6-5-15-13-16(27)7-10-23(15,3)18(17)8-11-24(19,4)25(21,30-22)20(28)9-12-26/h5,12,16-19,21,27H,6-11,13-14H2,1-4H3/t16?,17-,18+,19+,21-,23+,24+,25-/m1/s1. The second-order valence-corrected chi connectivity index (χ2v) is 11.5. The number of carbonyl (C=O) groups is 2. The van der Waals surface area contributed by atoms with Crippen molar-refractivity contribution in [2.75, 3.05) is 0 Å². The Morgan fingerprint density at radius 2 is 1.97 bits per heavy atom. The Morgan fingerprint density at radius 1 is 1.20 bits per heavy atom. The molecule has 4 fully saturated rings. The molecule has 0 bridgehead atoms. The lowest BCUT2D eigenvalue weighted by Crippen LogP contribution is -2.60. The average Bonchev–Trinajstić information content (AvgIpc) is 3.08. The predicted molar refractivity (Wildman–Crippen MR) is 112 cm³/mol. The normalized spacial score (nSPS) is 51.2. The Bertz CT molecular complexity index is 801. The molecule has 0 aromatic heterocycles. The van der Waals surface area contributed by atoms with Crippen LogP contribution in [0.5, 0.6) is 0 Å². The number of hydrogen-bond donors (Lipinski definition) is 1. The molecule has 5 nitrogen and oxygen atoms in total. The summed E-state index contributed by atoms with van der Waals surface area (Å²) in [5, 5.41) is 10.2. The summed E-state index contributed by atoms with van der Waals surface area (Å²) in [4.78, 5) is 24.7. The van der Waals surface area contributed by atoms with Crippen molar-refractivity contribution in [3.8, 4) is 0 Å². The van der Waals surface area contributed by atoms with Gasteiger partial charge >= 0.3 is 0 Å². The van der Waals surface area contributed by atoms with Gasteiger partial charge in [0.25, 0.3) is 0 Å². The van der Waals surface area contributed by atoms with Gasteiger partial charge in [0.05, 0.1) is 18.6 Å². The molecule has 0 radical (unpaired) electrons. The van der Waals surface area contributed by atoms with E-state index in [-0.39, 0.29) is 35.2 Å². The highest BCUT2D eigenvalue weighted by molar-refractivity contribution is 5.98. The quantitative estimate of drug-likeness (QED) is 0.428. The summed E-state index contributed by atoms with van der Waals surface area (Å²) in [5.74, 6) is 0.506. The summed E-state index contributed by atoms with van der Waals surface area (Å²) in [6, 6.07) is 0. The van der Waals surface area contributed by atoms with E-state index in [4.69, 9.17) is 9.47 Å². The van der Waals surface area contributed by atoms with Gasteiger partial charge in [-0.2, -0.15) is 0 Å². The van der Waals surface area contributed by atoms with Crippen LogP contribution < -0.4 is 0 Å². The molecule has 30 heavy (non-hydrogen) atoms. The number of aliphatic hydroxyl groups excluding tert-OH is 1. The highest BCUT2D eigenvalue weighted by Crippen LogP contribution is 2.70. The molecule has 5 heteroatoms. The molecule has 5 aliphatic rings. The number of ether oxygens (including phenoxy) is 2. The van der Waals surface area contributed by atoms with Crippen molar-refractivity contribution >= 4 is 12.1 Å². The van der Waals surface area contributed by atoms with Crippen LogP contribution in [0, 0.1) is 28.6 Å². The van der Waals surface area contributed by atoms with E-state index in [1.807, 2.05) is 13.8 Å². The minimum atomic E-state index is -1.01. The zero-order valence-corrected chi connectivity index (χ0v) is 18.8. The fourth-order valence-electron chi connectivity index (χ4n) is 8.47. The molecular formula is C25H36O5. The number of allylic oxidation sites excluding steroid dienone is 1. The molecule has 1 heterocycles. The summed E-state index contributed by atoms with van der Waals surface area (Å²) in [7, 11) is 0. The Hall–Kier alpha value is -1.04. The van der Waals surface area contributed by atoms with Gasteiger partial charge in [0.2, 0.25) is 0 Å². The SMILES string of the molecule is CC1(C)O[C@@H]2C[C@H]3[C@@H]4CC=C5CC(O)CC[C@]5(C)[C@H]4CC[C@]3(C)[C@]2(C(=O)CC=O)O1. The fraction of sp³-hybridized carbons (Fsp3) is 0.840. The Kier molecular flexibility index (Phi) is 4.51. The lowest BCUT2D eigenvalue weighted by molar-refractivity contribution is -0.214. The van der Waals surface area contributed by atoms with E-state index in [2.05, 4.69) is 19.9 Å². The first-order chi connectivity index (χ1) is 14.1. The van der Waals surface area contributed by atoms with Gasteiger partial charge in [-0.3, -0.25) is 4.79 Å². The number of Topliss-reactive ketones (excluding diaryl/α,β-unsaturated/α-hetero) is 1. The van der Waals surface area contributed by atoms with E-state index >= 15 is 0 Å². The summed E-state index contributed by atoms with van der Waals surface area (Å²) in [6.45, 7) is 8.40. The van der Waals surface area contributed by atoms with Crippen molar-refractivity contribution in [2.45, 2.75) is 103 Å². The van der Waals surface area contributed by atoms with Gasteiger partial charge in [0, 0.05) is 5.41 Å². The van der Waals surface area contributed by atoms with E-state index in [1.54, 1.807) is 0 Å². The lowest BCUT2D eigenvalue weighted by Gasteiger charge is -2.59. The Labute approximate surface area is 179 Å². The topological polar surface area (TPSA) is 72.8 Å². The molecule has 0 amide bonds. The average molecular weight is 417 g/mol. The highest BCUT2D eigenvalue weighted by atomic mass is 16.8. The van der Waals surface area contributed by atoms with Crippen molar-refractivity contribution in [3.63, 3.8) is 0 Å². The first kappa shape index (κ1) is 20.8. The molecule has 8 atom stereocenters. The second kappa shape index (κ2) is 6.49. The Balaban J connectivity index is 1.54. The van der Waals surface area contributed by atoms with Crippen LogP contribution in [0.1, 0.15) is 79.1 Å². The zero-order valence-electron chi connectivity index (χ0n) is 18.8. The largest absolute Gasteiger partial charge is 0.393 e. The number of carbonyl (C=O) groups excluding carboxylic acids is 2. The van der Waals surface area contributed by atoms with E-state index < -0.39 is 11.4 Å². The van der Waals surface area contributed by atoms with Crippen LogP contribution in [-0.2, 0) is 19.1 Å². The first-order valence-corrected chi connectivity index (χ1v) is 11.8. The van der Waals surface area contributed by atoms with Crippen LogP contribution in [0.3, 0.4) is 0 Å². The van der Waals surface area contributed by atoms with Gasteiger partial charge in [-0.05, 0) is 82.0 Å². The minimum Gasteiger partial charge on any atom is -0.393 e. The smallest absolute Gasteiger partial charge is 0.175 e. The number of hydrogen-bond acceptors (Lipinski definition) is 5. The van der Waals surface area contributed by atoms with Crippen LogP contribution in [0.25, 0.3) is 0 Å². The molecule has 1 N–H and O–H groups in total. The van der Waals surface area contributed by atoms with E-state index in [1.165, 1.54) is 5.57 Å². The van der Waals surface area contributed by atoms with Crippen molar-refractivity contribution in [3.05, 3.63) is 11.6 Å². The second-order valence-electron chi connectivity index (χ2n) is 11.5. The molecule has 0 spiro atoms. The molecule has 4 aliphatic carbocycles. The third kappa shape index (κ3) is 2.52. The number of aldehydes is 1. The lowest BCUT2D eigenvalue weighted by atomic mass is 9.46. The van der Waals surface area contributed by atoms with Crippen molar-refractivity contribution in [1.29, 1.82) is 0 Å². The number of fused-ring (bicyclic) bond motifs is 7. The number of rotatable bonds is 3. The molecular weight excluding hydrogens is 380 g/mol. The number of aliphatic hydroxyl groups is 1. The van der Waals surface area contributed by atoms with E-state index in [0.29, 0.717) is 17.8 Å². The minimum absolute atomic E-state index is 0.101. The monoisotopic (exact) mass is 416 g/mol. The molecule has 5 rings (SSSR count). The van der Waals surface area contributed by atoms with Gasteiger partial charge < -0.3 is 19.4 Å². The molecule has 0 aromatic rings. The molecule has 3 saturated carbocycles. The summed E-state index contributed by atoms with van der Waals surface area (Å²) in [6.07, 6.45) is 9.09. The van der Waals surface area contributed by atoms with Crippen molar-refractivity contribution in [1.82, 2.24) is 0 Å². The van der Waals surface area contributed by atoms with Gasteiger partial charge in [0.1, 0.15) is 6.29 Å². The van der Waals surface area contributed by atoms with Crippen LogP contribution in [0.15, 0.2) is 11.6 Å². The molecule has 1 aliphatic heterocycles. The third-order valence-electron chi connectivity index (χ3n) is 9.75. The van der Waals surface area contributed by atoms with Crippen molar-refractivity contribution in [2.24, 2.45) is 28.6 Å². The van der Waals surface area contributed by atoms with Gasteiger partial charge in [-0.15, -0.1) is 0 Å². The van der Waals surface area contributed by atoms with Gasteiger partial charge in [-0.1, -0.05) is 25.5 Å². The maximum absolute atomic E-state index is 13.4. The van der Waals surface area contributed by atoms with Crippen LogP contribution in [0.4, 0.5) is 0 Å². The molecule has 1 unspecified atom stereocenters. The summed E-state index contributed by atoms with van der Waals surface area (Å²) < 4.78 is 12.8. The summed E-state index contributed by atoms with van der Waals surface area (Å²) in [5.41, 5.74) is 0.274. The van der Waals surface area contributed by atoms with Crippen LogP contribution >= 0.6 is 0 Å². The van der Waals surface area contributed by atoms with Crippen molar-refractivity contribution < 1.29 is 24.2 Å². The van der Waals surface area contributed by atoms with E-state index in [0.717, 1.165) is 51.2 Å². The Morgan fingerprint density at radius 3 is 2.70 bits per heavy atom. The maximum atomic E-state index is 13.4. The highest BCUT2D eigenvalue weighted by Gasteiger charge is 2.75. The predicted octanol–water partition coefficient (Wildman–Crippen LogP) is 3.97. The number of ketones is 1. The maximum Gasteiger partial charge on any atom is 0.175 e. The molecule has 166 valence electrons. The van der Waals surface area contributed by atoms with Crippen LogP contribution in [0.2, 0.25) is 0 Å². The van der Waals surface area contributed by atoms with Crippen LogP contribution in [-0.4, -0.2) is 40.8 Å².